The van der Waals surface area contributed by atoms with Crippen LogP contribution in [0.15, 0.2) is 30.3 Å². The fourth-order valence-corrected chi connectivity index (χ4v) is 1.59. The molecule has 0 spiro atoms. The quantitative estimate of drug-likeness (QED) is 0.315. The van der Waals surface area contributed by atoms with Crippen molar-refractivity contribution in [3.63, 3.8) is 0 Å². The molecule has 1 rings (SSSR count). The Kier molecular flexibility index (Phi) is 3.17. The molecule has 0 aliphatic heterocycles. The molecule has 0 bridgehead atoms. The number of rotatable bonds is 2. The van der Waals surface area contributed by atoms with E-state index in [1.54, 1.807) is 24.3 Å². The fourth-order valence-electron chi connectivity index (χ4n) is 1.01. The van der Waals surface area contributed by atoms with Gasteiger partial charge in [0.2, 0.25) is 9.84 Å². The van der Waals surface area contributed by atoms with E-state index in [-0.39, 0.29) is 11.5 Å². The lowest BCUT2D eigenvalue weighted by atomic mass is 10.2. The number of nitrogens with zero attached hydrogens (tertiary/aromatic N) is 2. The van der Waals surface area contributed by atoms with E-state index in [1.165, 1.54) is 0 Å². The van der Waals surface area contributed by atoms with Gasteiger partial charge in [-0.15, -0.1) is 0 Å². The standard InChI is InChI=1S/C9H10N2O2S/c1-14(12,13)9(11-10)7-8-5-3-2-4-6-8/h2-6H,7H2,1H3. The molecule has 0 saturated heterocycles. The molecule has 74 valence electrons. The van der Waals surface area contributed by atoms with Gasteiger partial charge in [-0.05, 0) is 5.56 Å². The Hall–Kier alpha value is -1.45. The number of benzene rings is 1. The minimum atomic E-state index is -3.41. The van der Waals surface area contributed by atoms with Crippen molar-refractivity contribution in [1.29, 1.82) is 0 Å². The summed E-state index contributed by atoms with van der Waals surface area (Å²) < 4.78 is 22.2. The molecule has 0 fully saturated rings. The van der Waals surface area contributed by atoms with Gasteiger partial charge in [-0.3, -0.25) is 0 Å². The van der Waals surface area contributed by atoms with Gasteiger partial charge >= 0.3 is 5.04 Å². The second-order valence-electron chi connectivity index (χ2n) is 2.93. The predicted octanol–water partition coefficient (Wildman–Crippen LogP) is 0.902. The lowest BCUT2D eigenvalue weighted by Gasteiger charge is -1.94. The summed E-state index contributed by atoms with van der Waals surface area (Å²) in [5.74, 6) is 0. The van der Waals surface area contributed by atoms with Crippen molar-refractivity contribution >= 4 is 14.9 Å². The van der Waals surface area contributed by atoms with E-state index in [2.05, 4.69) is 4.79 Å². The highest BCUT2D eigenvalue weighted by molar-refractivity contribution is 8.05. The molecule has 4 nitrogen and oxygen atoms in total. The average Bonchev–Trinajstić information content (AvgIpc) is 2.14. The fraction of sp³-hybridized carbons (Fsp3) is 0.222. The zero-order chi connectivity index (χ0) is 10.6. The van der Waals surface area contributed by atoms with Crippen LogP contribution >= 0.6 is 0 Å². The van der Waals surface area contributed by atoms with Crippen LogP contribution in [0.3, 0.4) is 0 Å². The average molecular weight is 210 g/mol. The molecule has 0 radical (unpaired) electrons. The van der Waals surface area contributed by atoms with Crippen LogP contribution in [0.2, 0.25) is 0 Å². The van der Waals surface area contributed by atoms with Crippen LogP contribution in [-0.2, 0) is 16.3 Å². The van der Waals surface area contributed by atoms with E-state index in [1.807, 2.05) is 6.07 Å². The molecular weight excluding hydrogens is 200 g/mol. The van der Waals surface area contributed by atoms with Crippen molar-refractivity contribution in [3.8, 4) is 0 Å². The molecule has 0 heterocycles. The van der Waals surface area contributed by atoms with Gasteiger partial charge in [-0.2, -0.15) is 4.79 Å². The van der Waals surface area contributed by atoms with Crippen LogP contribution < -0.4 is 0 Å². The Morgan fingerprint density at radius 2 is 1.93 bits per heavy atom. The van der Waals surface area contributed by atoms with Crippen molar-refractivity contribution in [2.45, 2.75) is 6.42 Å². The summed E-state index contributed by atoms with van der Waals surface area (Å²) in [6, 6.07) is 8.98. The predicted molar refractivity (Wildman–Crippen MR) is 53.6 cm³/mol. The molecule has 0 unspecified atom stereocenters. The van der Waals surface area contributed by atoms with E-state index in [0.717, 1.165) is 11.8 Å². The summed E-state index contributed by atoms with van der Waals surface area (Å²) >= 11 is 0. The zero-order valence-electron chi connectivity index (χ0n) is 7.71. The molecule has 0 amide bonds. The van der Waals surface area contributed by atoms with Gasteiger partial charge in [0.1, 0.15) is 0 Å². The molecule has 1 aromatic rings. The van der Waals surface area contributed by atoms with E-state index >= 15 is 0 Å². The van der Waals surface area contributed by atoms with E-state index in [4.69, 9.17) is 5.53 Å². The summed E-state index contributed by atoms with van der Waals surface area (Å²) in [6.07, 6.45) is 1.14. The minimum absolute atomic E-state index is 0.121. The van der Waals surface area contributed by atoms with Crippen molar-refractivity contribution in [2.75, 3.05) is 6.26 Å². The third-order valence-corrected chi connectivity index (χ3v) is 2.82. The Balaban J connectivity index is 2.95. The highest BCUT2D eigenvalue weighted by atomic mass is 32.2. The maximum Gasteiger partial charge on any atom is 0.385 e. The zero-order valence-corrected chi connectivity index (χ0v) is 8.53. The van der Waals surface area contributed by atoms with Crippen LogP contribution in [0.25, 0.3) is 5.53 Å². The Morgan fingerprint density at radius 1 is 1.36 bits per heavy atom. The summed E-state index contributed by atoms with van der Waals surface area (Å²) in [4.78, 5) is 2.78. The van der Waals surface area contributed by atoms with Crippen LogP contribution in [0.1, 0.15) is 5.56 Å². The highest BCUT2D eigenvalue weighted by Gasteiger charge is 2.22. The molecular formula is C9H10N2O2S. The highest BCUT2D eigenvalue weighted by Crippen LogP contribution is 2.02. The van der Waals surface area contributed by atoms with Crippen LogP contribution in [0.5, 0.6) is 0 Å². The van der Waals surface area contributed by atoms with Gasteiger partial charge in [0, 0.05) is 0 Å². The first-order chi connectivity index (χ1) is 6.54. The number of hydrogen-bond donors (Lipinski definition) is 0. The maximum atomic E-state index is 11.1. The molecule has 0 aliphatic rings. The smallest absolute Gasteiger partial charge is 0.360 e. The first-order valence-electron chi connectivity index (χ1n) is 3.99. The number of sulfone groups is 1. The first-order valence-corrected chi connectivity index (χ1v) is 5.88. The van der Waals surface area contributed by atoms with Crippen molar-refractivity contribution in [1.82, 2.24) is 0 Å². The summed E-state index contributed by atoms with van der Waals surface area (Å²) in [5, 5.41) is -0.219. The van der Waals surface area contributed by atoms with Gasteiger partial charge in [0.25, 0.3) is 0 Å². The van der Waals surface area contributed by atoms with Crippen LogP contribution in [-0.4, -0.2) is 24.5 Å². The van der Waals surface area contributed by atoms with Crippen molar-refractivity contribution in [3.05, 3.63) is 41.4 Å². The Morgan fingerprint density at radius 3 is 2.36 bits per heavy atom. The third kappa shape index (κ3) is 2.80. The summed E-state index contributed by atoms with van der Waals surface area (Å²) in [7, 11) is -3.41. The lowest BCUT2D eigenvalue weighted by molar-refractivity contribution is -0.00254. The second-order valence-corrected chi connectivity index (χ2v) is 4.94. The Bertz CT molecular complexity index is 459. The number of hydrogen-bond acceptors (Lipinski definition) is 2. The molecule has 14 heavy (non-hydrogen) atoms. The van der Waals surface area contributed by atoms with Crippen molar-refractivity contribution < 1.29 is 13.2 Å². The van der Waals surface area contributed by atoms with E-state index < -0.39 is 9.84 Å². The first kappa shape index (κ1) is 10.6. The molecule has 0 aliphatic carbocycles. The van der Waals surface area contributed by atoms with Crippen LogP contribution in [0.4, 0.5) is 0 Å². The molecule has 0 aromatic heterocycles. The van der Waals surface area contributed by atoms with Crippen molar-refractivity contribution in [2.24, 2.45) is 0 Å². The minimum Gasteiger partial charge on any atom is -0.360 e. The topological polar surface area (TPSA) is 70.5 Å². The van der Waals surface area contributed by atoms with E-state index in [0.29, 0.717) is 0 Å². The lowest BCUT2D eigenvalue weighted by Crippen LogP contribution is -2.16. The van der Waals surface area contributed by atoms with Gasteiger partial charge in [-0.25, -0.2) is 8.42 Å². The van der Waals surface area contributed by atoms with Crippen LogP contribution in [0, 0.1) is 0 Å². The SMILES string of the molecule is CS(=O)(=O)C(Cc1ccccc1)=[N+]=[N-]. The van der Waals surface area contributed by atoms with Gasteiger partial charge in [0.15, 0.2) is 0 Å². The largest absolute Gasteiger partial charge is 0.385 e. The van der Waals surface area contributed by atoms with Gasteiger partial charge in [-0.1, -0.05) is 30.3 Å². The third-order valence-electron chi connectivity index (χ3n) is 1.74. The van der Waals surface area contributed by atoms with Gasteiger partial charge in [0.05, 0.1) is 12.7 Å². The molecule has 1 aromatic carbocycles. The molecule has 0 atom stereocenters. The monoisotopic (exact) mass is 210 g/mol. The van der Waals surface area contributed by atoms with E-state index in [9.17, 15) is 8.42 Å². The van der Waals surface area contributed by atoms with Gasteiger partial charge < -0.3 is 5.53 Å². The summed E-state index contributed by atoms with van der Waals surface area (Å²) in [5.41, 5.74) is 9.33. The maximum absolute atomic E-state index is 11.1. The normalized spacial score (nSPS) is 10.6. The summed E-state index contributed by atoms with van der Waals surface area (Å²) in [6.45, 7) is 0. The second kappa shape index (κ2) is 4.17. The molecule has 5 heteroatoms. The Labute approximate surface area is 82.7 Å². The molecule has 0 saturated carbocycles. The molecule has 0 N–H and O–H groups in total.